The third kappa shape index (κ3) is 5.76. The van der Waals surface area contributed by atoms with Crippen molar-refractivity contribution >= 4 is 68.2 Å². The molecule has 4 aliphatic rings. The summed E-state index contributed by atoms with van der Waals surface area (Å²) in [6.45, 7) is 3.56. The van der Waals surface area contributed by atoms with Gasteiger partial charge in [-0.25, -0.2) is 9.80 Å². The molecule has 3 fully saturated rings. The summed E-state index contributed by atoms with van der Waals surface area (Å²) in [6, 6.07) is 13.8. The highest BCUT2D eigenvalue weighted by atomic mass is 35.5. The number of amides is 4. The molecule has 1 N–H and O–H groups in total. The zero-order chi connectivity index (χ0) is 42.2. The van der Waals surface area contributed by atoms with Gasteiger partial charge in [0.15, 0.2) is 0 Å². The number of allylic oxidation sites excluding steroid dienone is 2. The van der Waals surface area contributed by atoms with E-state index >= 15 is 4.79 Å². The number of aromatic hydroxyl groups is 1. The highest BCUT2D eigenvalue weighted by Gasteiger charge is 2.68. The fourth-order valence-electron chi connectivity index (χ4n) is 9.86. The van der Waals surface area contributed by atoms with Crippen molar-refractivity contribution in [1.29, 1.82) is 0 Å². The van der Waals surface area contributed by atoms with Crippen LogP contribution in [0, 0.1) is 36.0 Å². The molecule has 6 unspecified atom stereocenters. The van der Waals surface area contributed by atoms with Crippen LogP contribution in [0.2, 0.25) is 5.02 Å². The van der Waals surface area contributed by atoms with E-state index in [0.717, 1.165) is 25.4 Å². The summed E-state index contributed by atoms with van der Waals surface area (Å²) in [5, 5.41) is 16.8. The number of carbonyl (C=O) groups is 4. The van der Waals surface area contributed by atoms with Crippen molar-refractivity contribution in [3.63, 3.8) is 0 Å². The van der Waals surface area contributed by atoms with Gasteiger partial charge in [0.2, 0.25) is 23.6 Å². The van der Waals surface area contributed by atoms with Crippen molar-refractivity contribution in [3.8, 4) is 16.3 Å². The van der Waals surface area contributed by atoms with Crippen LogP contribution < -0.4 is 9.80 Å². The molecule has 9 rings (SSSR count). The highest BCUT2D eigenvalue weighted by molar-refractivity contribution is 7.22. The Hall–Kier alpha value is -5.48. The molecule has 17 heteroatoms. The summed E-state index contributed by atoms with van der Waals surface area (Å²) in [4.78, 5) is 60.5. The Morgan fingerprint density at radius 3 is 2.22 bits per heavy atom. The third-order valence-corrected chi connectivity index (χ3v) is 14.1. The van der Waals surface area contributed by atoms with Crippen LogP contribution in [0.15, 0.2) is 78.4 Å². The van der Waals surface area contributed by atoms with Gasteiger partial charge in [0.05, 0.1) is 44.9 Å². The number of benzene rings is 3. The van der Waals surface area contributed by atoms with E-state index in [1.807, 2.05) is 19.1 Å². The van der Waals surface area contributed by atoms with Crippen LogP contribution in [0.5, 0.6) is 5.75 Å². The van der Waals surface area contributed by atoms with Gasteiger partial charge in [-0.15, -0.1) is 11.3 Å². The van der Waals surface area contributed by atoms with Gasteiger partial charge in [-0.2, -0.15) is 31.4 Å². The molecule has 0 radical (unpaired) electrons. The van der Waals surface area contributed by atoms with Gasteiger partial charge in [0, 0.05) is 28.8 Å². The van der Waals surface area contributed by atoms with E-state index in [-0.39, 0.29) is 30.5 Å². The van der Waals surface area contributed by atoms with Gasteiger partial charge < -0.3 is 5.11 Å². The summed E-state index contributed by atoms with van der Waals surface area (Å²) in [5.74, 6) is -8.57. The first-order chi connectivity index (χ1) is 27.7. The largest absolute Gasteiger partial charge is 0.508 e. The molecule has 9 nitrogen and oxygen atoms in total. The lowest BCUT2D eigenvalue weighted by atomic mass is 9.51. The Bertz CT molecular complexity index is 2690. The summed E-state index contributed by atoms with van der Waals surface area (Å²) >= 11 is 7.74. The van der Waals surface area contributed by atoms with E-state index < -0.39 is 87.8 Å². The Labute approximate surface area is 340 Å². The van der Waals surface area contributed by atoms with E-state index in [2.05, 4.69) is 0 Å². The molecule has 3 aromatic carbocycles. The number of carbonyl (C=O) groups excluding carboxylic acids is 4. The lowest BCUT2D eigenvalue weighted by molar-refractivity contribution is -0.143. The third-order valence-electron chi connectivity index (χ3n) is 12.5. The zero-order valence-corrected chi connectivity index (χ0v) is 32.7. The van der Waals surface area contributed by atoms with Crippen LogP contribution in [-0.2, 0) is 38.6 Å². The van der Waals surface area contributed by atoms with E-state index in [1.54, 1.807) is 44.3 Å². The number of fused-ring (bicyclic) bond motifs is 5. The maximum Gasteiger partial charge on any atom is 0.416 e. The molecular formula is C42H31ClF6N4O5S. The van der Waals surface area contributed by atoms with Crippen molar-refractivity contribution in [2.45, 2.75) is 45.0 Å². The molecule has 2 saturated heterocycles. The Balaban J connectivity index is 1.14. The molecule has 4 heterocycles. The first-order valence-electron chi connectivity index (χ1n) is 18.5. The Kier molecular flexibility index (Phi) is 8.60. The second-order valence-electron chi connectivity index (χ2n) is 15.7. The second-order valence-corrected chi connectivity index (χ2v) is 17.2. The van der Waals surface area contributed by atoms with Crippen molar-refractivity contribution in [2.24, 2.45) is 36.1 Å². The molecule has 304 valence electrons. The molecule has 2 aliphatic carbocycles. The van der Waals surface area contributed by atoms with Crippen LogP contribution in [0.25, 0.3) is 20.7 Å². The van der Waals surface area contributed by atoms with Gasteiger partial charge >= 0.3 is 12.4 Å². The number of phenolic OH excluding ortho intramolecular Hbond substituents is 1. The van der Waals surface area contributed by atoms with Gasteiger partial charge in [-0.3, -0.25) is 23.9 Å². The summed E-state index contributed by atoms with van der Waals surface area (Å²) in [5.41, 5.74) is -3.42. The standard InChI is InChI=1S/C42H31ClF6N4O5S/c1-18-27-15-22(43)7-10-31(27)59-35(18)30-17-32(51(3)50-30)53-37(56)29-16-28-25(34(40(29,2)39(53)58)19-5-4-6-24(54)11-19)8-9-26-33(28)38(57)52(36(26)55)23-13-20(41(44,45)46)12-21(14-23)42(47,48)49/h4-8,10-15,17,26,28-29,33-34,54H,9,16H2,1-3H3. The topological polar surface area (TPSA) is 113 Å². The number of hydrogen-bond acceptors (Lipinski definition) is 7. The van der Waals surface area contributed by atoms with Crippen molar-refractivity contribution in [3.05, 3.63) is 106 Å². The van der Waals surface area contributed by atoms with E-state index in [1.165, 1.54) is 28.2 Å². The van der Waals surface area contributed by atoms with Gasteiger partial charge in [-0.05, 0) is 97.7 Å². The fourth-order valence-corrected chi connectivity index (χ4v) is 11.2. The van der Waals surface area contributed by atoms with Gasteiger partial charge in [0.1, 0.15) is 17.3 Å². The number of nitrogens with zero attached hydrogens (tertiary/aromatic N) is 4. The molecule has 0 bridgehead atoms. The van der Waals surface area contributed by atoms with Crippen LogP contribution in [0.4, 0.5) is 37.8 Å². The predicted octanol–water partition coefficient (Wildman–Crippen LogP) is 9.44. The fraction of sp³-hybridized carbons (Fsp3) is 0.310. The van der Waals surface area contributed by atoms with Crippen LogP contribution >= 0.6 is 22.9 Å². The van der Waals surface area contributed by atoms with E-state index in [9.17, 15) is 45.8 Å². The number of aromatic nitrogens is 2. The second kappa shape index (κ2) is 13.0. The Morgan fingerprint density at radius 1 is 0.864 bits per heavy atom. The number of rotatable bonds is 4. The van der Waals surface area contributed by atoms with Gasteiger partial charge in [0.25, 0.3) is 0 Å². The number of hydrogen-bond donors (Lipinski definition) is 1. The normalized spacial score (nSPS) is 25.8. The van der Waals surface area contributed by atoms with Crippen molar-refractivity contribution in [1.82, 2.24) is 9.78 Å². The van der Waals surface area contributed by atoms with E-state index in [0.29, 0.717) is 38.9 Å². The molecule has 0 spiro atoms. The van der Waals surface area contributed by atoms with Crippen LogP contribution in [-0.4, -0.2) is 38.5 Å². The smallest absolute Gasteiger partial charge is 0.416 e. The number of alkyl halides is 6. The number of thiophene rings is 1. The molecule has 4 amide bonds. The summed E-state index contributed by atoms with van der Waals surface area (Å²) in [7, 11) is 1.60. The monoisotopic (exact) mass is 852 g/mol. The number of halogens is 7. The first-order valence-corrected chi connectivity index (χ1v) is 19.7. The number of phenols is 1. The SMILES string of the molecule is Cc1c(-c2cc(N3C(=O)C4CC5C(=CCC6C(=O)N(c7cc(C(F)(F)F)cc(C(F)(F)F)c7)C(=O)C65)C(c5cccc(O)c5)C4(C)C3=O)n(C)n2)sc2ccc(Cl)cc12. The molecule has 59 heavy (non-hydrogen) atoms. The van der Waals surface area contributed by atoms with Crippen LogP contribution in [0.1, 0.15) is 47.9 Å². The molecule has 6 atom stereocenters. The maximum atomic E-state index is 15.0. The lowest BCUT2D eigenvalue weighted by Gasteiger charge is -2.49. The Morgan fingerprint density at radius 2 is 1.56 bits per heavy atom. The quantitative estimate of drug-likeness (QED) is 0.110. The summed E-state index contributed by atoms with van der Waals surface area (Å²) < 4.78 is 85.7. The van der Waals surface area contributed by atoms with Crippen molar-refractivity contribution < 1.29 is 50.6 Å². The average Bonchev–Trinajstić information content (AvgIpc) is 3.84. The summed E-state index contributed by atoms with van der Waals surface area (Å²) in [6.07, 6.45) is -9.03. The van der Waals surface area contributed by atoms with E-state index in [4.69, 9.17) is 16.7 Å². The minimum absolute atomic E-state index is 0.0809. The molecule has 1 saturated carbocycles. The zero-order valence-electron chi connectivity index (χ0n) is 31.2. The maximum absolute atomic E-state index is 15.0. The molecule has 2 aliphatic heterocycles. The number of aryl methyl sites for hydroxylation is 2. The number of anilines is 2. The molecule has 2 aromatic heterocycles. The minimum atomic E-state index is -5.23. The van der Waals surface area contributed by atoms with Crippen LogP contribution in [0.3, 0.4) is 0 Å². The highest BCUT2D eigenvalue weighted by Crippen LogP contribution is 2.64. The predicted molar refractivity (Wildman–Crippen MR) is 205 cm³/mol. The van der Waals surface area contributed by atoms with Crippen molar-refractivity contribution in [2.75, 3.05) is 9.80 Å². The lowest BCUT2D eigenvalue weighted by Crippen LogP contribution is -2.48. The van der Waals surface area contributed by atoms with Gasteiger partial charge in [-0.1, -0.05) is 35.4 Å². The average molecular weight is 853 g/mol. The molecule has 5 aromatic rings. The first kappa shape index (κ1) is 39.0. The number of imide groups is 2. The molecular weight excluding hydrogens is 822 g/mol. The minimum Gasteiger partial charge on any atom is -0.508 e.